The summed E-state index contributed by atoms with van der Waals surface area (Å²) in [4.78, 5) is 23.0. The summed E-state index contributed by atoms with van der Waals surface area (Å²) in [5.41, 5.74) is 7.85. The Kier molecular flexibility index (Phi) is 35.5. The number of amides is 2. The number of carbonyl (C=O) groups excluding carboxylic acids is 2. The Balaban J connectivity index is 0.804. The van der Waals surface area contributed by atoms with Gasteiger partial charge in [0.2, 0.25) is 11.8 Å². The first-order valence-corrected chi connectivity index (χ1v) is 29.9. The molecular formula is C57H103N3O14S. The van der Waals surface area contributed by atoms with Gasteiger partial charge in [0.05, 0.1) is 164 Å². The van der Waals surface area contributed by atoms with Gasteiger partial charge in [0.25, 0.3) is 0 Å². The molecule has 0 aromatic heterocycles. The third-order valence-corrected chi connectivity index (χ3v) is 16.9. The molecule has 0 aromatic carbocycles. The molecule has 4 aliphatic carbocycles. The Labute approximate surface area is 456 Å². The highest BCUT2D eigenvalue weighted by molar-refractivity contribution is 8.02. The number of hydrogen-bond donors (Lipinski definition) is 3. The first-order chi connectivity index (χ1) is 36.6. The SMILES string of the molecule is CCCCCC(C)C1CCC2C3CC=C4CC(OCCOCCOCCOCCOCCOCCOCCOCCOCCOCCOCCOCCNC(=O)CSC=CC(NC)C(N)=O)CCC4(C)C3CCC12C. The second-order valence-electron chi connectivity index (χ2n) is 21.1. The smallest absolute Gasteiger partial charge is 0.238 e. The van der Waals surface area contributed by atoms with Crippen LogP contribution >= 0.6 is 11.8 Å². The van der Waals surface area contributed by atoms with E-state index in [9.17, 15) is 9.59 Å². The van der Waals surface area contributed by atoms with Crippen molar-refractivity contribution in [2.45, 2.75) is 117 Å². The summed E-state index contributed by atoms with van der Waals surface area (Å²) in [7, 11) is 1.64. The minimum atomic E-state index is -0.552. The summed E-state index contributed by atoms with van der Waals surface area (Å²) in [5.74, 6) is 4.10. The molecule has 2 amide bonds. The van der Waals surface area contributed by atoms with E-state index in [4.69, 9.17) is 62.6 Å². The van der Waals surface area contributed by atoms with Gasteiger partial charge in [-0.15, -0.1) is 11.8 Å². The van der Waals surface area contributed by atoms with Gasteiger partial charge in [-0.2, -0.15) is 0 Å². The molecule has 4 rings (SSSR count). The number of primary amides is 1. The first kappa shape index (κ1) is 65.8. The number of thioether (sulfide) groups is 1. The maximum atomic E-state index is 11.8. The Morgan fingerprint density at radius 1 is 0.667 bits per heavy atom. The van der Waals surface area contributed by atoms with Crippen LogP contribution in [-0.4, -0.2) is 195 Å². The van der Waals surface area contributed by atoms with Gasteiger partial charge in [-0.05, 0) is 104 Å². The van der Waals surface area contributed by atoms with Crippen LogP contribution in [0.15, 0.2) is 23.1 Å². The van der Waals surface area contributed by atoms with E-state index < -0.39 is 11.9 Å². The summed E-state index contributed by atoms with van der Waals surface area (Å²) in [6.07, 6.45) is 20.8. The van der Waals surface area contributed by atoms with Crippen LogP contribution in [0.25, 0.3) is 0 Å². The van der Waals surface area contributed by atoms with E-state index in [1.807, 2.05) is 0 Å². The Bertz CT molecular complexity index is 1550. The molecule has 0 aromatic rings. The Morgan fingerprint density at radius 3 is 1.64 bits per heavy atom. The Hall–Kier alpha value is -1.75. The zero-order valence-electron chi connectivity index (χ0n) is 47.1. The fraction of sp³-hybridized carbons (Fsp3) is 0.895. The Morgan fingerprint density at radius 2 is 1.16 bits per heavy atom. The number of rotatable bonds is 48. The predicted molar refractivity (Wildman–Crippen MR) is 294 cm³/mol. The molecule has 3 saturated carbocycles. The van der Waals surface area contributed by atoms with E-state index >= 15 is 0 Å². The third-order valence-electron chi connectivity index (χ3n) is 16.2. The molecule has 0 radical (unpaired) electrons. The van der Waals surface area contributed by atoms with Crippen LogP contribution in [0.1, 0.15) is 105 Å². The zero-order valence-corrected chi connectivity index (χ0v) is 48.0. The molecule has 436 valence electrons. The van der Waals surface area contributed by atoms with Crippen LogP contribution in [0.2, 0.25) is 0 Å². The average Bonchev–Trinajstić information content (AvgIpc) is 3.76. The fourth-order valence-corrected chi connectivity index (χ4v) is 12.8. The number of fused-ring (bicyclic) bond motifs is 5. The molecule has 9 unspecified atom stereocenters. The van der Waals surface area contributed by atoms with Crippen LogP contribution < -0.4 is 16.4 Å². The van der Waals surface area contributed by atoms with Gasteiger partial charge in [0.1, 0.15) is 6.04 Å². The minimum Gasteiger partial charge on any atom is -0.377 e. The number of allylic oxidation sites excluding steroid dienone is 1. The van der Waals surface area contributed by atoms with Crippen molar-refractivity contribution < 1.29 is 66.4 Å². The van der Waals surface area contributed by atoms with Gasteiger partial charge in [0, 0.05) is 6.54 Å². The summed E-state index contributed by atoms with van der Waals surface area (Å²) in [6, 6.07) is -0.552. The maximum absolute atomic E-state index is 11.8. The molecule has 9 atom stereocenters. The van der Waals surface area contributed by atoms with Crippen LogP contribution in [0.5, 0.6) is 0 Å². The number of likely N-dealkylation sites (N-methyl/N-ethyl adjacent to an activating group) is 1. The molecular weight excluding hydrogens is 983 g/mol. The summed E-state index contributed by atoms with van der Waals surface area (Å²) < 4.78 is 67.7. The molecule has 0 aliphatic heterocycles. The molecule has 4 aliphatic rings. The highest BCUT2D eigenvalue weighted by Crippen LogP contribution is 2.67. The van der Waals surface area contributed by atoms with E-state index in [2.05, 4.69) is 44.4 Å². The molecule has 4 N–H and O–H groups in total. The predicted octanol–water partition coefficient (Wildman–Crippen LogP) is 6.79. The second-order valence-corrected chi connectivity index (χ2v) is 22.0. The number of unbranched alkanes of at least 4 members (excludes halogenated alkanes) is 2. The molecule has 0 heterocycles. The van der Waals surface area contributed by atoms with Gasteiger partial charge in [0.15, 0.2) is 0 Å². The number of hydrogen-bond acceptors (Lipinski definition) is 16. The normalized spacial score (nSPS) is 25.2. The van der Waals surface area contributed by atoms with Crippen LogP contribution in [0.4, 0.5) is 0 Å². The first-order valence-electron chi connectivity index (χ1n) is 28.8. The van der Waals surface area contributed by atoms with E-state index in [-0.39, 0.29) is 11.7 Å². The number of nitrogens with two attached hydrogens (primary N) is 1. The van der Waals surface area contributed by atoms with Crippen molar-refractivity contribution in [2.75, 3.05) is 171 Å². The third kappa shape index (κ3) is 25.5. The van der Waals surface area contributed by atoms with Gasteiger partial charge in [-0.3, -0.25) is 9.59 Å². The lowest BCUT2D eigenvalue weighted by Gasteiger charge is -2.58. The molecule has 0 bridgehead atoms. The molecule has 18 heteroatoms. The van der Waals surface area contributed by atoms with E-state index in [0.29, 0.717) is 175 Å². The van der Waals surface area contributed by atoms with Crippen LogP contribution in [0.3, 0.4) is 0 Å². The van der Waals surface area contributed by atoms with Gasteiger partial charge < -0.3 is 73.2 Å². The van der Waals surface area contributed by atoms with Crippen molar-refractivity contribution in [3.63, 3.8) is 0 Å². The summed E-state index contributed by atoms with van der Waals surface area (Å²) in [6.45, 7) is 22.1. The lowest BCUT2D eigenvalue weighted by atomic mass is 9.47. The summed E-state index contributed by atoms with van der Waals surface area (Å²) >= 11 is 1.28. The van der Waals surface area contributed by atoms with Gasteiger partial charge in [-0.25, -0.2) is 0 Å². The van der Waals surface area contributed by atoms with E-state index in [1.54, 1.807) is 24.1 Å². The lowest BCUT2D eigenvalue weighted by Crippen LogP contribution is -2.51. The number of carbonyl (C=O) groups is 2. The lowest BCUT2D eigenvalue weighted by molar-refractivity contribution is -0.119. The van der Waals surface area contributed by atoms with Gasteiger partial charge in [-0.1, -0.05) is 71.1 Å². The van der Waals surface area contributed by atoms with Crippen molar-refractivity contribution in [1.82, 2.24) is 10.6 Å². The maximum Gasteiger partial charge on any atom is 0.238 e. The topological polar surface area (TPSA) is 195 Å². The van der Waals surface area contributed by atoms with Crippen molar-refractivity contribution in [2.24, 2.45) is 46.2 Å². The molecule has 75 heavy (non-hydrogen) atoms. The van der Waals surface area contributed by atoms with Crippen molar-refractivity contribution in [1.29, 1.82) is 0 Å². The second kappa shape index (κ2) is 40.4. The van der Waals surface area contributed by atoms with E-state index in [1.165, 1.54) is 82.4 Å². The standard InChI is InChI=1S/C57H103N3O14S/c1-6-7-8-9-46(2)50-12-13-51-49-11-10-47-44-48(14-17-56(47,3)52(49)15-18-57(50,51)4)74-42-41-73-40-39-72-38-37-71-36-35-70-34-33-69-32-31-68-30-29-67-28-27-66-26-25-65-24-23-64-22-21-63-20-19-60-54(61)45-75-43-16-53(59-5)55(58)62/h10,16,43,46,48-53,59H,6-9,11-15,17-42,44-45H2,1-5H3,(H2,58,62)(H,60,61). The van der Waals surface area contributed by atoms with Gasteiger partial charge >= 0.3 is 0 Å². The summed E-state index contributed by atoms with van der Waals surface area (Å²) in [5, 5.41) is 7.22. The van der Waals surface area contributed by atoms with Crippen molar-refractivity contribution in [3.05, 3.63) is 23.1 Å². The zero-order chi connectivity index (χ0) is 53.7. The highest BCUT2D eigenvalue weighted by Gasteiger charge is 2.59. The van der Waals surface area contributed by atoms with Crippen molar-refractivity contribution in [3.8, 4) is 0 Å². The number of nitrogens with one attached hydrogen (secondary N) is 2. The highest BCUT2D eigenvalue weighted by atomic mass is 32.2. The quantitative estimate of drug-likeness (QED) is 0.0426. The average molecular weight is 1090 g/mol. The van der Waals surface area contributed by atoms with Crippen LogP contribution in [0, 0.1) is 40.4 Å². The monoisotopic (exact) mass is 1090 g/mol. The minimum absolute atomic E-state index is 0.120. The largest absolute Gasteiger partial charge is 0.377 e. The van der Waals surface area contributed by atoms with Crippen LogP contribution in [-0.2, 0) is 66.4 Å². The molecule has 0 spiro atoms. The molecule has 0 saturated heterocycles. The molecule has 17 nitrogen and oxygen atoms in total. The molecule has 3 fully saturated rings. The number of ether oxygens (including phenoxy) is 12. The van der Waals surface area contributed by atoms with E-state index in [0.717, 1.165) is 36.0 Å². The van der Waals surface area contributed by atoms with Crippen molar-refractivity contribution >= 4 is 23.6 Å². The fourth-order valence-electron chi connectivity index (χ4n) is 12.1.